The quantitative estimate of drug-likeness (QED) is 0.483. The van der Waals surface area contributed by atoms with Gasteiger partial charge in [-0.25, -0.2) is 0 Å². The first-order valence-electron chi connectivity index (χ1n) is 5.32. The molecule has 0 radical (unpaired) electrons. The molecule has 0 heterocycles. The molecule has 0 spiro atoms. The van der Waals surface area contributed by atoms with Gasteiger partial charge in [-0.2, -0.15) is 0 Å². The Morgan fingerprint density at radius 3 is 1.62 bits per heavy atom. The summed E-state index contributed by atoms with van der Waals surface area (Å²) in [6.45, 7) is 4.46. The zero-order valence-corrected chi connectivity index (χ0v) is 9.22. The Morgan fingerprint density at radius 2 is 1.38 bits per heavy atom. The van der Waals surface area contributed by atoms with Gasteiger partial charge in [0, 0.05) is 0 Å². The van der Waals surface area contributed by atoms with Crippen molar-refractivity contribution in [1.82, 2.24) is 0 Å². The van der Waals surface area contributed by atoms with Crippen molar-refractivity contribution in [3.05, 3.63) is 30.3 Å². The number of unbranched alkanes of at least 4 members (excludes halogenated alkanes) is 3. The van der Waals surface area contributed by atoms with Crippen LogP contribution in [0, 0.1) is 0 Å². The Balaban J connectivity index is 0.000000226. The Labute approximate surface area is 91.9 Å². The van der Waals surface area contributed by atoms with Crippen molar-refractivity contribution in [1.29, 1.82) is 0 Å². The van der Waals surface area contributed by atoms with E-state index in [1.54, 1.807) is 0 Å². The van der Waals surface area contributed by atoms with Crippen molar-refractivity contribution in [2.24, 2.45) is 0 Å². The average Bonchev–Trinajstić information content (AvgIpc) is 2.17. The maximum atomic E-state index is 2.23. The second-order valence-electron chi connectivity index (χ2n) is 3.36. The SMILES string of the molecule is CCCCCC.[Li][c]1ccccc1. The van der Waals surface area contributed by atoms with Crippen LogP contribution in [0.15, 0.2) is 30.3 Å². The number of hydrogen-bond donors (Lipinski definition) is 0. The molecule has 0 nitrogen and oxygen atoms in total. The summed E-state index contributed by atoms with van der Waals surface area (Å²) in [6.07, 6.45) is 5.54. The van der Waals surface area contributed by atoms with E-state index in [2.05, 4.69) is 43.7 Å². The van der Waals surface area contributed by atoms with E-state index in [4.69, 9.17) is 0 Å². The summed E-state index contributed by atoms with van der Waals surface area (Å²) >= 11 is 2.08. The van der Waals surface area contributed by atoms with E-state index in [9.17, 15) is 0 Å². The Bertz CT molecular complexity index is 178. The molecule has 0 atom stereocenters. The second kappa shape index (κ2) is 9.90. The topological polar surface area (TPSA) is 0 Å². The Kier molecular flexibility index (Phi) is 9.76. The molecule has 13 heavy (non-hydrogen) atoms. The maximum absolute atomic E-state index is 2.23. The Hall–Kier alpha value is -0.183. The normalized spacial score (nSPS) is 8.92. The van der Waals surface area contributed by atoms with Gasteiger partial charge < -0.3 is 0 Å². The zero-order chi connectivity index (χ0) is 9.94. The third kappa shape index (κ3) is 9.73. The number of hydrogen-bond acceptors (Lipinski definition) is 0. The van der Waals surface area contributed by atoms with Gasteiger partial charge in [-0.15, -0.1) is 0 Å². The molecule has 0 saturated heterocycles. The van der Waals surface area contributed by atoms with E-state index in [1.807, 2.05) is 18.2 Å². The van der Waals surface area contributed by atoms with Gasteiger partial charge >= 0.3 is 52.3 Å². The standard InChI is InChI=1S/C6H5.C6H14.Li/c1-2-4-6-5-3-1;1-3-5-6-4-2;/h1-5H;3-6H2,1-2H3;. The first-order valence-corrected chi connectivity index (χ1v) is 5.32. The molecule has 0 fully saturated rings. The molecule has 0 aromatic heterocycles. The van der Waals surface area contributed by atoms with Gasteiger partial charge in [0.2, 0.25) is 0 Å². The average molecular weight is 170 g/mol. The molecule has 0 bridgehead atoms. The van der Waals surface area contributed by atoms with Gasteiger partial charge in [-0.1, -0.05) is 39.5 Å². The minimum absolute atomic E-state index is 1.32. The molecule has 0 N–H and O–H groups in total. The fourth-order valence-electron chi connectivity index (χ4n) is 1.03. The molecule has 0 saturated carbocycles. The zero-order valence-electron chi connectivity index (χ0n) is 9.22. The van der Waals surface area contributed by atoms with Crippen LogP contribution in [-0.2, 0) is 0 Å². The van der Waals surface area contributed by atoms with Crippen LogP contribution < -0.4 is 4.24 Å². The summed E-state index contributed by atoms with van der Waals surface area (Å²) in [6, 6.07) is 10.3. The fourth-order valence-corrected chi connectivity index (χ4v) is 1.03. The first kappa shape index (κ1) is 12.8. The van der Waals surface area contributed by atoms with Gasteiger partial charge in [0.1, 0.15) is 0 Å². The summed E-state index contributed by atoms with van der Waals surface area (Å²) in [5.41, 5.74) is 0. The van der Waals surface area contributed by atoms with Crippen LogP contribution in [0.1, 0.15) is 39.5 Å². The van der Waals surface area contributed by atoms with E-state index in [0.717, 1.165) is 0 Å². The Morgan fingerprint density at radius 1 is 0.923 bits per heavy atom. The number of benzene rings is 1. The van der Waals surface area contributed by atoms with Crippen molar-refractivity contribution >= 4 is 22.0 Å². The summed E-state index contributed by atoms with van der Waals surface area (Å²) in [5.74, 6) is 0. The van der Waals surface area contributed by atoms with Gasteiger partial charge in [-0.3, -0.25) is 0 Å². The first-order chi connectivity index (χ1) is 6.31. The predicted octanol–water partition coefficient (Wildman–Crippen LogP) is 3.07. The van der Waals surface area contributed by atoms with Crippen LogP contribution in [0.2, 0.25) is 0 Å². The molecule has 1 aromatic carbocycles. The van der Waals surface area contributed by atoms with E-state index in [-0.39, 0.29) is 0 Å². The van der Waals surface area contributed by atoms with Gasteiger partial charge in [0.15, 0.2) is 0 Å². The molecular weight excluding hydrogens is 151 g/mol. The van der Waals surface area contributed by atoms with Crippen molar-refractivity contribution in [3.8, 4) is 0 Å². The van der Waals surface area contributed by atoms with Gasteiger partial charge in [0.25, 0.3) is 0 Å². The van der Waals surface area contributed by atoms with Crippen molar-refractivity contribution in [3.63, 3.8) is 0 Å². The van der Waals surface area contributed by atoms with Crippen LogP contribution >= 0.6 is 0 Å². The van der Waals surface area contributed by atoms with Crippen LogP contribution in [0.25, 0.3) is 0 Å². The number of rotatable bonds is 3. The van der Waals surface area contributed by atoms with Crippen molar-refractivity contribution in [2.75, 3.05) is 0 Å². The molecule has 1 heteroatoms. The van der Waals surface area contributed by atoms with Crippen molar-refractivity contribution < 1.29 is 0 Å². The van der Waals surface area contributed by atoms with Crippen molar-refractivity contribution in [2.45, 2.75) is 39.5 Å². The van der Waals surface area contributed by atoms with Gasteiger partial charge in [-0.05, 0) is 0 Å². The molecule has 0 unspecified atom stereocenters. The summed E-state index contributed by atoms with van der Waals surface area (Å²) in [4.78, 5) is 0. The van der Waals surface area contributed by atoms with Crippen LogP contribution in [0.5, 0.6) is 0 Å². The molecule has 1 rings (SSSR count). The van der Waals surface area contributed by atoms with E-state index in [1.165, 1.54) is 29.9 Å². The minimum atomic E-state index is 1.32. The molecule has 0 amide bonds. The van der Waals surface area contributed by atoms with Crippen LogP contribution in [0.3, 0.4) is 0 Å². The fraction of sp³-hybridized carbons (Fsp3) is 0.500. The molecule has 68 valence electrons. The molecule has 0 aliphatic carbocycles. The van der Waals surface area contributed by atoms with Gasteiger partial charge in [0.05, 0.1) is 0 Å². The summed E-state index contributed by atoms with van der Waals surface area (Å²) < 4.78 is 1.32. The monoisotopic (exact) mass is 170 g/mol. The van der Waals surface area contributed by atoms with E-state index < -0.39 is 0 Å². The summed E-state index contributed by atoms with van der Waals surface area (Å²) in [7, 11) is 0. The molecule has 0 aliphatic rings. The molecular formula is C12H19Li. The summed E-state index contributed by atoms with van der Waals surface area (Å²) in [5, 5.41) is 0. The predicted molar refractivity (Wildman–Crippen MR) is 61.6 cm³/mol. The van der Waals surface area contributed by atoms with E-state index in [0.29, 0.717) is 0 Å². The molecule has 1 aromatic rings. The third-order valence-electron chi connectivity index (χ3n) is 1.90. The van der Waals surface area contributed by atoms with Crippen LogP contribution in [0.4, 0.5) is 0 Å². The molecule has 0 aliphatic heterocycles. The van der Waals surface area contributed by atoms with Crippen LogP contribution in [-0.4, -0.2) is 17.7 Å². The van der Waals surface area contributed by atoms with E-state index >= 15 is 0 Å². The third-order valence-corrected chi connectivity index (χ3v) is 1.90. The second-order valence-corrected chi connectivity index (χ2v) is 3.36.